The summed E-state index contributed by atoms with van der Waals surface area (Å²) in [6.07, 6.45) is 13.4. The molecule has 1 aromatic heterocycles. The number of carbonyl (C=O) groups excluding carboxylic acids is 2. The minimum Gasteiger partial charge on any atom is -0.471 e. The van der Waals surface area contributed by atoms with Crippen molar-refractivity contribution in [2.75, 3.05) is 0 Å². The molecular formula is C34H24O3. The number of hydrogen-bond acceptors (Lipinski definition) is 3. The second-order valence-corrected chi connectivity index (χ2v) is 8.60. The van der Waals surface area contributed by atoms with Crippen molar-refractivity contribution in [3.8, 4) is 22.3 Å². The zero-order valence-electron chi connectivity index (χ0n) is 20.1. The molecule has 0 saturated heterocycles. The Morgan fingerprint density at radius 1 is 0.432 bits per heavy atom. The monoisotopic (exact) mass is 480 g/mol. The number of carbonyl (C=O) groups is 2. The highest BCUT2D eigenvalue weighted by molar-refractivity contribution is 5.89. The molecular weight excluding hydrogens is 456 g/mol. The van der Waals surface area contributed by atoms with Crippen molar-refractivity contribution in [1.82, 2.24) is 0 Å². The molecule has 0 N–H and O–H groups in total. The minimum atomic E-state index is 0.682. The van der Waals surface area contributed by atoms with Crippen molar-refractivity contribution in [3.63, 3.8) is 0 Å². The van der Waals surface area contributed by atoms with Crippen LogP contribution >= 0.6 is 0 Å². The predicted octanol–water partition coefficient (Wildman–Crippen LogP) is 8.58. The van der Waals surface area contributed by atoms with Crippen LogP contribution in [0.25, 0.3) is 46.6 Å². The fourth-order valence-electron chi connectivity index (χ4n) is 4.23. The van der Waals surface area contributed by atoms with Gasteiger partial charge in [-0.05, 0) is 33.4 Å². The second-order valence-electron chi connectivity index (χ2n) is 8.60. The lowest BCUT2D eigenvalue weighted by Gasteiger charge is -2.05. The third-order valence-corrected chi connectivity index (χ3v) is 6.25. The highest BCUT2D eigenvalue weighted by atomic mass is 16.3. The smallest absolute Gasteiger partial charge is 0.150 e. The van der Waals surface area contributed by atoms with Crippen molar-refractivity contribution in [2.24, 2.45) is 0 Å². The van der Waals surface area contributed by atoms with E-state index in [1.807, 2.05) is 121 Å². The largest absolute Gasteiger partial charge is 0.471 e. The lowest BCUT2D eigenvalue weighted by Crippen LogP contribution is -1.86. The van der Waals surface area contributed by atoms with Crippen molar-refractivity contribution in [3.05, 3.63) is 143 Å². The first-order valence-corrected chi connectivity index (χ1v) is 12.0. The van der Waals surface area contributed by atoms with E-state index >= 15 is 0 Å². The first-order valence-electron chi connectivity index (χ1n) is 12.0. The summed E-state index contributed by atoms with van der Waals surface area (Å²) in [6, 6.07) is 31.4. The van der Waals surface area contributed by atoms with Gasteiger partial charge in [0.05, 0.1) is 12.5 Å². The molecule has 0 aliphatic carbocycles. The summed E-state index contributed by atoms with van der Waals surface area (Å²) >= 11 is 0. The summed E-state index contributed by atoms with van der Waals surface area (Å²) in [6.45, 7) is 0. The Bertz CT molecular complexity index is 1460. The standard InChI is InChI=1S/C34H24O3/c35-21-29-5-1-3-7-33(29)27-15-9-25(10-16-27)13-19-31-23-37-24-32(31)20-14-26-11-17-28(18-12-26)34-8-4-2-6-30(34)22-36/h1-24H. The van der Waals surface area contributed by atoms with Gasteiger partial charge in [0.2, 0.25) is 0 Å². The Kier molecular flexibility index (Phi) is 7.14. The molecule has 5 aromatic rings. The third-order valence-electron chi connectivity index (χ3n) is 6.25. The van der Waals surface area contributed by atoms with E-state index in [0.29, 0.717) is 11.1 Å². The van der Waals surface area contributed by atoms with Crippen LogP contribution in [0.15, 0.2) is 114 Å². The summed E-state index contributed by atoms with van der Waals surface area (Å²) < 4.78 is 5.46. The average molecular weight is 481 g/mol. The first kappa shape index (κ1) is 23.7. The summed E-state index contributed by atoms with van der Waals surface area (Å²) in [7, 11) is 0. The van der Waals surface area contributed by atoms with Gasteiger partial charge >= 0.3 is 0 Å². The average Bonchev–Trinajstić information content (AvgIpc) is 3.43. The van der Waals surface area contributed by atoms with Crippen molar-refractivity contribution in [1.29, 1.82) is 0 Å². The maximum Gasteiger partial charge on any atom is 0.150 e. The van der Waals surface area contributed by atoms with E-state index in [4.69, 9.17) is 4.42 Å². The van der Waals surface area contributed by atoms with Gasteiger partial charge in [-0.2, -0.15) is 0 Å². The van der Waals surface area contributed by atoms with Gasteiger partial charge in [0, 0.05) is 22.3 Å². The maximum absolute atomic E-state index is 11.3. The van der Waals surface area contributed by atoms with Crippen LogP contribution < -0.4 is 0 Å². The van der Waals surface area contributed by atoms with Gasteiger partial charge in [-0.15, -0.1) is 0 Å². The lowest BCUT2D eigenvalue weighted by atomic mass is 9.99. The van der Waals surface area contributed by atoms with Gasteiger partial charge in [-0.3, -0.25) is 9.59 Å². The molecule has 0 fully saturated rings. The SMILES string of the molecule is O=Cc1ccccc1-c1ccc(C=Cc2cocc2C=Cc2ccc(-c3ccccc3C=O)cc2)cc1. The molecule has 0 unspecified atom stereocenters. The molecule has 3 nitrogen and oxygen atoms in total. The quantitative estimate of drug-likeness (QED) is 0.209. The van der Waals surface area contributed by atoms with Crippen LogP contribution in [0.4, 0.5) is 0 Å². The van der Waals surface area contributed by atoms with Crippen LogP contribution in [0.2, 0.25) is 0 Å². The van der Waals surface area contributed by atoms with Crippen LogP contribution in [0.5, 0.6) is 0 Å². The summed E-state index contributed by atoms with van der Waals surface area (Å²) in [4.78, 5) is 22.7. The lowest BCUT2D eigenvalue weighted by molar-refractivity contribution is 0.111. The second kappa shape index (κ2) is 11.1. The van der Waals surface area contributed by atoms with Gasteiger partial charge in [0.1, 0.15) is 0 Å². The molecule has 0 amide bonds. The van der Waals surface area contributed by atoms with Gasteiger partial charge in [0.15, 0.2) is 12.6 Å². The fourth-order valence-corrected chi connectivity index (χ4v) is 4.23. The van der Waals surface area contributed by atoms with E-state index in [9.17, 15) is 9.59 Å². The number of rotatable bonds is 8. The molecule has 0 atom stereocenters. The van der Waals surface area contributed by atoms with Crippen LogP contribution in [-0.2, 0) is 0 Å². The third kappa shape index (κ3) is 5.47. The minimum absolute atomic E-state index is 0.682. The van der Waals surface area contributed by atoms with Gasteiger partial charge in [-0.25, -0.2) is 0 Å². The van der Waals surface area contributed by atoms with Crippen molar-refractivity contribution in [2.45, 2.75) is 0 Å². The summed E-state index contributed by atoms with van der Waals surface area (Å²) in [5.41, 5.74) is 9.28. The number of aldehydes is 2. The van der Waals surface area contributed by atoms with Crippen molar-refractivity contribution >= 4 is 36.9 Å². The van der Waals surface area contributed by atoms with E-state index in [2.05, 4.69) is 0 Å². The molecule has 1 heterocycles. The van der Waals surface area contributed by atoms with Gasteiger partial charge < -0.3 is 4.42 Å². The molecule has 5 rings (SSSR count). The van der Waals surface area contributed by atoms with Crippen LogP contribution in [-0.4, -0.2) is 12.6 Å². The highest BCUT2D eigenvalue weighted by Gasteiger charge is 2.05. The molecule has 4 aromatic carbocycles. The summed E-state index contributed by atoms with van der Waals surface area (Å²) in [5.74, 6) is 0. The van der Waals surface area contributed by atoms with E-state index < -0.39 is 0 Å². The maximum atomic E-state index is 11.3. The number of benzene rings is 4. The Morgan fingerprint density at radius 2 is 0.838 bits per heavy atom. The Morgan fingerprint density at radius 3 is 1.24 bits per heavy atom. The molecule has 0 aliphatic rings. The van der Waals surface area contributed by atoms with Crippen LogP contribution in [0.3, 0.4) is 0 Å². The topological polar surface area (TPSA) is 47.3 Å². The van der Waals surface area contributed by atoms with Gasteiger partial charge in [-0.1, -0.05) is 121 Å². The Labute approximate surface area is 216 Å². The van der Waals surface area contributed by atoms with Crippen LogP contribution in [0.1, 0.15) is 43.0 Å². The molecule has 3 heteroatoms. The predicted molar refractivity (Wildman–Crippen MR) is 151 cm³/mol. The Balaban J connectivity index is 1.29. The fraction of sp³-hybridized carbons (Fsp3) is 0. The molecule has 37 heavy (non-hydrogen) atoms. The molecule has 0 spiro atoms. The Hall–Kier alpha value is -5.02. The highest BCUT2D eigenvalue weighted by Crippen LogP contribution is 2.25. The van der Waals surface area contributed by atoms with Crippen LogP contribution in [0, 0.1) is 0 Å². The molecule has 0 aliphatic heterocycles. The molecule has 0 saturated carbocycles. The number of hydrogen-bond donors (Lipinski definition) is 0. The van der Waals surface area contributed by atoms with E-state index in [1.54, 1.807) is 12.5 Å². The zero-order valence-corrected chi connectivity index (χ0v) is 20.1. The number of furan rings is 1. The van der Waals surface area contributed by atoms with E-state index in [-0.39, 0.29) is 0 Å². The molecule has 0 bridgehead atoms. The van der Waals surface area contributed by atoms with Gasteiger partial charge in [0.25, 0.3) is 0 Å². The van der Waals surface area contributed by atoms with E-state index in [0.717, 1.165) is 57.1 Å². The molecule has 0 radical (unpaired) electrons. The summed E-state index contributed by atoms with van der Waals surface area (Å²) in [5, 5.41) is 0. The first-order chi connectivity index (χ1) is 18.2. The normalized spacial score (nSPS) is 11.2. The van der Waals surface area contributed by atoms with Crippen molar-refractivity contribution < 1.29 is 14.0 Å². The van der Waals surface area contributed by atoms with E-state index in [1.165, 1.54) is 0 Å². The molecule has 178 valence electrons. The zero-order chi connectivity index (χ0) is 25.5.